The van der Waals surface area contributed by atoms with Crippen molar-refractivity contribution in [1.29, 1.82) is 0 Å². The van der Waals surface area contributed by atoms with E-state index in [1.54, 1.807) is 0 Å². The molecule has 0 aliphatic carbocycles. The van der Waals surface area contributed by atoms with E-state index < -0.39 is 16.6 Å². The van der Waals surface area contributed by atoms with Crippen molar-refractivity contribution in [3.63, 3.8) is 0 Å². The summed E-state index contributed by atoms with van der Waals surface area (Å²) in [5.74, 6) is 0.922. The highest BCUT2D eigenvalue weighted by Gasteiger charge is 2.23. The molecule has 0 aliphatic heterocycles. The molecule has 3 aromatic rings. The fourth-order valence-corrected chi connectivity index (χ4v) is 5.33. The summed E-state index contributed by atoms with van der Waals surface area (Å²) in [5, 5.41) is 0. The molecule has 1 N–H and O–H groups in total. The highest BCUT2D eigenvalue weighted by molar-refractivity contribution is 6.74. The van der Waals surface area contributed by atoms with E-state index in [-0.39, 0.29) is 0 Å². The minimum absolute atomic E-state index is 0.922. The molecule has 0 fully saturated rings. The van der Waals surface area contributed by atoms with Crippen LogP contribution in [0, 0.1) is 0 Å². The van der Waals surface area contributed by atoms with Crippen LogP contribution >= 0.6 is 0 Å². The average molecular weight is 458 g/mol. The predicted molar refractivity (Wildman–Crippen MR) is 144 cm³/mol. The number of nitrogens with one attached hydrogen (secondary N) is 1. The van der Waals surface area contributed by atoms with Crippen LogP contribution in [0.2, 0.25) is 39.3 Å². The lowest BCUT2D eigenvalue weighted by Gasteiger charge is -2.27. The van der Waals surface area contributed by atoms with Gasteiger partial charge >= 0.3 is 0 Å². The van der Waals surface area contributed by atoms with Crippen molar-refractivity contribution in [3.8, 4) is 0 Å². The first kappa shape index (κ1) is 23.8. The van der Waals surface area contributed by atoms with Crippen molar-refractivity contribution < 1.29 is 4.43 Å². The Labute approximate surface area is 195 Å². The third-order valence-corrected chi connectivity index (χ3v) is 6.51. The Balaban J connectivity index is 2.32. The second-order valence-electron chi connectivity index (χ2n) is 9.98. The Hall–Kier alpha value is -2.83. The van der Waals surface area contributed by atoms with Gasteiger partial charge in [0.2, 0.25) is 8.32 Å². The van der Waals surface area contributed by atoms with Crippen LogP contribution in [0.1, 0.15) is 16.7 Å². The maximum Gasteiger partial charge on any atom is 0.242 e. The lowest BCUT2D eigenvalue weighted by molar-refractivity contribution is 0.444. The molecule has 0 atom stereocenters. The summed E-state index contributed by atoms with van der Waals surface area (Å²) in [5.41, 5.74) is 5.72. The van der Waals surface area contributed by atoms with Gasteiger partial charge in [-0.15, -0.1) is 0 Å². The van der Waals surface area contributed by atoms with Crippen molar-refractivity contribution in [3.05, 3.63) is 120 Å². The van der Waals surface area contributed by atoms with Crippen molar-refractivity contribution >= 4 is 27.8 Å². The molecule has 3 aromatic carbocycles. The third kappa shape index (κ3) is 7.11. The number of hydrogen-bond donors (Lipinski definition) is 1. The largest absolute Gasteiger partial charge is 0.544 e. The Kier molecular flexibility index (Phi) is 7.59. The lowest BCUT2D eigenvalue weighted by Crippen LogP contribution is -2.40. The molecular weight excluding hydrogens is 422 g/mol. The van der Waals surface area contributed by atoms with E-state index in [1.807, 2.05) is 0 Å². The molecule has 0 aromatic heterocycles. The van der Waals surface area contributed by atoms with Crippen LogP contribution in [0.3, 0.4) is 0 Å². The molecule has 166 valence electrons. The molecule has 0 saturated heterocycles. The average Bonchev–Trinajstić information content (AvgIpc) is 2.73. The molecule has 32 heavy (non-hydrogen) atoms. The van der Waals surface area contributed by atoms with Crippen LogP contribution in [0.5, 0.6) is 0 Å². The molecular formula is C28H35NOSi2. The van der Waals surface area contributed by atoms with Gasteiger partial charge in [0.25, 0.3) is 0 Å². The second kappa shape index (κ2) is 10.2. The van der Waals surface area contributed by atoms with Crippen LogP contribution in [-0.4, -0.2) is 16.6 Å². The summed E-state index contributed by atoms with van der Waals surface area (Å²) in [6.07, 6.45) is 2.22. The van der Waals surface area contributed by atoms with Gasteiger partial charge in [0, 0.05) is 17.3 Å². The molecule has 0 unspecified atom stereocenters. The predicted octanol–water partition coefficient (Wildman–Crippen LogP) is 7.76. The van der Waals surface area contributed by atoms with Gasteiger partial charge in [0.15, 0.2) is 0 Å². The summed E-state index contributed by atoms with van der Waals surface area (Å²) in [4.78, 5) is 3.85. The first-order chi connectivity index (χ1) is 15.1. The van der Waals surface area contributed by atoms with Crippen molar-refractivity contribution in [1.82, 2.24) is 4.98 Å². The Morgan fingerprint density at radius 3 is 1.41 bits per heavy atom. The van der Waals surface area contributed by atoms with Crippen molar-refractivity contribution in [2.45, 2.75) is 39.3 Å². The van der Waals surface area contributed by atoms with Crippen LogP contribution in [0.15, 0.2) is 103 Å². The fraction of sp³-hybridized carbons (Fsp3) is 0.214. The second-order valence-corrected chi connectivity index (χ2v) is 19.2. The highest BCUT2D eigenvalue weighted by Crippen LogP contribution is 2.31. The van der Waals surface area contributed by atoms with Gasteiger partial charge in [0.1, 0.15) is 14.0 Å². The Bertz CT molecular complexity index is 1020. The van der Waals surface area contributed by atoms with Crippen molar-refractivity contribution in [2.75, 3.05) is 0 Å². The van der Waals surface area contributed by atoms with E-state index >= 15 is 0 Å². The molecule has 0 radical (unpaired) electrons. The fourth-order valence-electron chi connectivity index (χ4n) is 3.49. The third-order valence-electron chi connectivity index (χ3n) is 4.66. The number of benzene rings is 3. The molecule has 0 amide bonds. The molecule has 0 spiro atoms. The standard InChI is InChI=1S/C28H35NOSi2/c1-31(2,3)29-26(23-16-10-7-11-17-23)22-27(30-32(4,5)6)28(24-18-12-8-13-19-24)25-20-14-9-15-21-25/h7-22,29H,1-6H3/b26-22-. The summed E-state index contributed by atoms with van der Waals surface area (Å²) in [6.45, 7) is 13.7. The Morgan fingerprint density at radius 2 is 1.03 bits per heavy atom. The molecule has 3 rings (SSSR count). The topological polar surface area (TPSA) is 21.3 Å². The molecule has 4 heteroatoms. The van der Waals surface area contributed by atoms with Gasteiger partial charge in [0.05, 0.1) is 0 Å². The molecule has 0 bridgehead atoms. The zero-order valence-corrected chi connectivity index (χ0v) is 22.1. The van der Waals surface area contributed by atoms with E-state index in [2.05, 4.69) is 141 Å². The van der Waals surface area contributed by atoms with E-state index in [0.717, 1.165) is 28.2 Å². The number of allylic oxidation sites excluding steroid dienone is 1. The van der Waals surface area contributed by atoms with Gasteiger partial charge in [-0.1, -0.05) is 111 Å². The van der Waals surface area contributed by atoms with Gasteiger partial charge in [-0.05, 0) is 36.3 Å². The van der Waals surface area contributed by atoms with E-state index in [0.29, 0.717) is 0 Å². The van der Waals surface area contributed by atoms with Gasteiger partial charge < -0.3 is 9.41 Å². The summed E-state index contributed by atoms with van der Waals surface area (Å²) in [7, 11) is -3.50. The maximum atomic E-state index is 6.79. The van der Waals surface area contributed by atoms with Crippen LogP contribution in [0.4, 0.5) is 0 Å². The molecule has 2 nitrogen and oxygen atoms in total. The minimum Gasteiger partial charge on any atom is -0.544 e. The smallest absolute Gasteiger partial charge is 0.242 e. The SMILES string of the molecule is C[Si](C)(C)N/C(=C\C(O[Si](C)(C)C)=C(c1ccccc1)c1ccccc1)c1ccccc1. The highest BCUT2D eigenvalue weighted by atomic mass is 28.4. The van der Waals surface area contributed by atoms with Crippen molar-refractivity contribution in [2.24, 2.45) is 0 Å². The van der Waals surface area contributed by atoms with E-state index in [4.69, 9.17) is 4.43 Å². The van der Waals surface area contributed by atoms with E-state index in [1.165, 1.54) is 5.56 Å². The van der Waals surface area contributed by atoms with Gasteiger partial charge in [-0.2, -0.15) is 0 Å². The molecule has 0 aliphatic rings. The summed E-state index contributed by atoms with van der Waals surface area (Å²) in [6, 6.07) is 31.7. The van der Waals surface area contributed by atoms with Gasteiger partial charge in [-0.25, -0.2) is 0 Å². The Morgan fingerprint density at radius 1 is 0.625 bits per heavy atom. The zero-order chi connectivity index (χ0) is 23.2. The van der Waals surface area contributed by atoms with Crippen LogP contribution in [0.25, 0.3) is 11.3 Å². The van der Waals surface area contributed by atoms with Crippen LogP contribution in [-0.2, 0) is 4.43 Å². The zero-order valence-electron chi connectivity index (χ0n) is 20.1. The van der Waals surface area contributed by atoms with Crippen LogP contribution < -0.4 is 4.98 Å². The first-order valence-corrected chi connectivity index (χ1v) is 18.1. The minimum atomic E-state index is -1.89. The van der Waals surface area contributed by atoms with E-state index in [9.17, 15) is 0 Å². The lowest BCUT2D eigenvalue weighted by atomic mass is 9.96. The first-order valence-electron chi connectivity index (χ1n) is 11.2. The summed E-state index contributed by atoms with van der Waals surface area (Å²) < 4.78 is 6.79. The molecule has 0 heterocycles. The normalized spacial score (nSPS) is 12.2. The number of rotatable bonds is 8. The monoisotopic (exact) mass is 457 g/mol. The summed E-state index contributed by atoms with van der Waals surface area (Å²) >= 11 is 0. The van der Waals surface area contributed by atoms with Gasteiger partial charge in [-0.3, -0.25) is 0 Å². The number of hydrogen-bond acceptors (Lipinski definition) is 2. The maximum absolute atomic E-state index is 6.79. The quantitative estimate of drug-likeness (QED) is 0.212. The molecule has 0 saturated carbocycles.